The molecule has 140 valence electrons. The number of hydrogen-bond acceptors (Lipinski definition) is 5. The van der Waals surface area contributed by atoms with Crippen LogP contribution < -0.4 is 16.2 Å². The smallest absolute Gasteiger partial charge is 0.252 e. The fourth-order valence-electron chi connectivity index (χ4n) is 2.67. The summed E-state index contributed by atoms with van der Waals surface area (Å²) in [6, 6.07) is 7.12. The Labute approximate surface area is 166 Å². The minimum Gasteiger partial charge on any atom is -0.331 e. The standard InChI is InChI=1S/C17H18ClN7OS/c1-10-14(11(2)25-16(21-10)19-9-20-25)6-7-15(26)23-24-17(27)22-13-5-3-4-12(18)8-13/h3-5,8-9H,6-7H2,1-2H3,(H,23,26)(H2,22,24,27). The average molecular weight is 404 g/mol. The van der Waals surface area contributed by atoms with E-state index in [-0.39, 0.29) is 17.4 Å². The van der Waals surface area contributed by atoms with Crippen LogP contribution in [0, 0.1) is 13.8 Å². The van der Waals surface area contributed by atoms with Crippen molar-refractivity contribution in [1.29, 1.82) is 0 Å². The Morgan fingerprint density at radius 1 is 1.30 bits per heavy atom. The normalized spacial score (nSPS) is 10.6. The number of rotatable bonds is 4. The summed E-state index contributed by atoms with van der Waals surface area (Å²) in [6.45, 7) is 3.84. The highest BCUT2D eigenvalue weighted by molar-refractivity contribution is 7.80. The van der Waals surface area contributed by atoms with E-state index in [0.29, 0.717) is 17.2 Å². The van der Waals surface area contributed by atoms with Crippen molar-refractivity contribution in [3.63, 3.8) is 0 Å². The molecule has 0 saturated heterocycles. The van der Waals surface area contributed by atoms with Gasteiger partial charge in [-0.05, 0) is 56.2 Å². The number of fused-ring (bicyclic) bond motifs is 1. The lowest BCUT2D eigenvalue weighted by atomic mass is 10.1. The van der Waals surface area contributed by atoms with Crippen molar-refractivity contribution in [3.05, 3.63) is 52.6 Å². The van der Waals surface area contributed by atoms with Crippen molar-refractivity contribution in [2.45, 2.75) is 26.7 Å². The molecule has 3 rings (SSSR count). The molecule has 0 bridgehead atoms. The van der Waals surface area contributed by atoms with Crippen molar-refractivity contribution in [3.8, 4) is 0 Å². The van der Waals surface area contributed by atoms with E-state index in [4.69, 9.17) is 23.8 Å². The molecular formula is C17H18ClN7OS. The van der Waals surface area contributed by atoms with Gasteiger partial charge in [-0.25, -0.2) is 9.50 Å². The van der Waals surface area contributed by atoms with Crippen LogP contribution in [0.1, 0.15) is 23.4 Å². The van der Waals surface area contributed by atoms with E-state index in [1.54, 1.807) is 22.7 Å². The van der Waals surface area contributed by atoms with Gasteiger partial charge in [0.05, 0.1) is 0 Å². The highest BCUT2D eigenvalue weighted by atomic mass is 35.5. The van der Waals surface area contributed by atoms with Crippen LogP contribution in [-0.2, 0) is 11.2 Å². The van der Waals surface area contributed by atoms with Gasteiger partial charge in [0, 0.05) is 28.5 Å². The first kappa shape index (κ1) is 19.0. The summed E-state index contributed by atoms with van der Waals surface area (Å²) in [5.74, 6) is 0.361. The zero-order chi connectivity index (χ0) is 19.4. The summed E-state index contributed by atoms with van der Waals surface area (Å²) in [5.41, 5.74) is 8.72. The summed E-state index contributed by atoms with van der Waals surface area (Å²) < 4.78 is 1.67. The fraction of sp³-hybridized carbons (Fsp3) is 0.235. The highest BCUT2D eigenvalue weighted by Crippen LogP contribution is 2.15. The van der Waals surface area contributed by atoms with Crippen molar-refractivity contribution in [1.82, 2.24) is 30.4 Å². The monoisotopic (exact) mass is 403 g/mol. The second-order valence-corrected chi connectivity index (χ2v) is 6.72. The molecule has 8 nitrogen and oxygen atoms in total. The first-order valence-corrected chi connectivity index (χ1v) is 9.00. The number of thiocarbonyl (C=S) groups is 1. The van der Waals surface area contributed by atoms with E-state index in [0.717, 1.165) is 22.6 Å². The lowest BCUT2D eigenvalue weighted by Gasteiger charge is -2.13. The number of nitrogens with zero attached hydrogens (tertiary/aromatic N) is 4. The molecule has 3 aromatic rings. The number of benzene rings is 1. The Balaban J connectivity index is 1.52. The van der Waals surface area contributed by atoms with Gasteiger partial charge in [-0.1, -0.05) is 17.7 Å². The third-order valence-corrected chi connectivity index (χ3v) is 4.43. The molecule has 0 aliphatic carbocycles. The third-order valence-electron chi connectivity index (χ3n) is 3.99. The van der Waals surface area contributed by atoms with Crippen LogP contribution in [0.3, 0.4) is 0 Å². The molecule has 0 fully saturated rings. The van der Waals surface area contributed by atoms with Crippen molar-refractivity contribution < 1.29 is 4.79 Å². The molecule has 3 N–H and O–H groups in total. The Morgan fingerprint density at radius 3 is 2.89 bits per heavy atom. The quantitative estimate of drug-likeness (QED) is 0.454. The molecule has 0 saturated carbocycles. The van der Waals surface area contributed by atoms with Gasteiger partial charge in [0.2, 0.25) is 5.91 Å². The molecule has 0 unspecified atom stereocenters. The predicted octanol–water partition coefficient (Wildman–Crippen LogP) is 2.34. The molecule has 27 heavy (non-hydrogen) atoms. The number of hydrogen-bond donors (Lipinski definition) is 3. The second kappa shape index (κ2) is 8.28. The van der Waals surface area contributed by atoms with Gasteiger partial charge in [-0.2, -0.15) is 10.1 Å². The van der Waals surface area contributed by atoms with Gasteiger partial charge in [-0.15, -0.1) is 0 Å². The third kappa shape index (κ3) is 4.69. The predicted molar refractivity (Wildman–Crippen MR) is 108 cm³/mol. The zero-order valence-electron chi connectivity index (χ0n) is 14.8. The largest absolute Gasteiger partial charge is 0.331 e. The Kier molecular flexibility index (Phi) is 5.82. The number of amides is 1. The van der Waals surface area contributed by atoms with E-state index < -0.39 is 0 Å². The number of nitrogens with one attached hydrogen (secondary N) is 3. The topological polar surface area (TPSA) is 96.2 Å². The first-order chi connectivity index (χ1) is 12.9. The van der Waals surface area contributed by atoms with Crippen LogP contribution in [0.4, 0.5) is 5.69 Å². The van der Waals surface area contributed by atoms with Crippen LogP contribution >= 0.6 is 23.8 Å². The number of carbonyl (C=O) groups excluding carboxylic acids is 1. The molecule has 0 spiro atoms. The van der Waals surface area contributed by atoms with E-state index in [2.05, 4.69) is 31.2 Å². The van der Waals surface area contributed by atoms with Gasteiger partial charge in [0.15, 0.2) is 5.11 Å². The molecule has 0 aliphatic heterocycles. The maximum Gasteiger partial charge on any atom is 0.252 e. The number of halogens is 1. The van der Waals surface area contributed by atoms with Crippen molar-refractivity contribution >= 4 is 46.3 Å². The van der Waals surface area contributed by atoms with Gasteiger partial charge in [0.1, 0.15) is 6.33 Å². The van der Waals surface area contributed by atoms with Crippen LogP contribution in [0.25, 0.3) is 5.78 Å². The van der Waals surface area contributed by atoms with Gasteiger partial charge in [0.25, 0.3) is 5.78 Å². The molecule has 2 heterocycles. The number of aryl methyl sites for hydroxylation is 2. The summed E-state index contributed by atoms with van der Waals surface area (Å²) in [7, 11) is 0. The minimum atomic E-state index is -0.192. The Hall–Kier alpha value is -2.78. The maximum atomic E-state index is 12.1. The summed E-state index contributed by atoms with van der Waals surface area (Å²) >= 11 is 11.1. The van der Waals surface area contributed by atoms with Crippen molar-refractivity contribution in [2.24, 2.45) is 0 Å². The molecular weight excluding hydrogens is 386 g/mol. The molecule has 2 aromatic heterocycles. The van der Waals surface area contributed by atoms with Crippen LogP contribution in [-0.4, -0.2) is 30.6 Å². The second-order valence-electron chi connectivity index (χ2n) is 5.87. The molecule has 0 radical (unpaired) electrons. The number of anilines is 1. The lowest BCUT2D eigenvalue weighted by Crippen LogP contribution is -2.43. The average Bonchev–Trinajstić information content (AvgIpc) is 3.08. The molecule has 0 aliphatic rings. The lowest BCUT2D eigenvalue weighted by molar-refractivity contribution is -0.121. The van der Waals surface area contributed by atoms with E-state index in [1.165, 1.54) is 6.33 Å². The first-order valence-electron chi connectivity index (χ1n) is 8.21. The summed E-state index contributed by atoms with van der Waals surface area (Å²) in [5, 5.41) is 7.95. The molecule has 10 heteroatoms. The van der Waals surface area contributed by atoms with Crippen LogP contribution in [0.15, 0.2) is 30.6 Å². The van der Waals surface area contributed by atoms with Crippen LogP contribution in [0.2, 0.25) is 5.02 Å². The molecule has 1 amide bonds. The zero-order valence-corrected chi connectivity index (χ0v) is 16.4. The van der Waals surface area contributed by atoms with E-state index in [1.807, 2.05) is 19.9 Å². The molecule has 1 aromatic carbocycles. The Bertz CT molecular complexity index is 1000. The Morgan fingerprint density at radius 2 is 2.11 bits per heavy atom. The van der Waals surface area contributed by atoms with Crippen molar-refractivity contribution in [2.75, 3.05) is 5.32 Å². The summed E-state index contributed by atoms with van der Waals surface area (Å²) in [6.07, 6.45) is 2.27. The highest BCUT2D eigenvalue weighted by Gasteiger charge is 2.12. The number of hydrazine groups is 1. The fourth-order valence-corrected chi connectivity index (χ4v) is 3.03. The SMILES string of the molecule is Cc1nc2ncnn2c(C)c1CCC(=O)NNC(=S)Nc1cccc(Cl)c1. The number of aromatic nitrogens is 4. The van der Waals surface area contributed by atoms with Crippen LogP contribution in [0.5, 0.6) is 0 Å². The van der Waals surface area contributed by atoms with E-state index in [9.17, 15) is 4.79 Å². The minimum absolute atomic E-state index is 0.192. The van der Waals surface area contributed by atoms with E-state index >= 15 is 0 Å². The summed E-state index contributed by atoms with van der Waals surface area (Å²) in [4.78, 5) is 20.6. The van der Waals surface area contributed by atoms with Gasteiger partial charge < -0.3 is 5.32 Å². The number of carbonyl (C=O) groups is 1. The van der Waals surface area contributed by atoms with Gasteiger partial charge in [-0.3, -0.25) is 15.6 Å². The molecule has 0 atom stereocenters. The maximum absolute atomic E-state index is 12.1. The van der Waals surface area contributed by atoms with Gasteiger partial charge >= 0.3 is 0 Å².